The van der Waals surface area contributed by atoms with Gasteiger partial charge in [0, 0.05) is 62.5 Å². The van der Waals surface area contributed by atoms with Gasteiger partial charge in [0.15, 0.2) is 0 Å². The topological polar surface area (TPSA) is 177 Å². The Kier molecular flexibility index (Phi) is 11.9. The van der Waals surface area contributed by atoms with Crippen LogP contribution in [0.1, 0.15) is 34.6 Å². The average Bonchev–Trinajstić information content (AvgIpc) is 4.00. The highest BCUT2D eigenvalue weighted by atomic mass is 32.2. The van der Waals surface area contributed by atoms with E-state index in [-0.39, 0.29) is 46.8 Å². The Hall–Kier alpha value is -6.08. The monoisotopic (exact) mass is 822 g/mol. The number of aromatic nitrogens is 6. The van der Waals surface area contributed by atoms with Crippen LogP contribution in [0.25, 0.3) is 11.4 Å². The third-order valence-corrected chi connectivity index (χ3v) is 14.1. The molecule has 18 heteroatoms. The number of carbonyl (C=O) groups is 2. The fraction of sp³-hybridized carbons (Fsp3) is 0.250. The maximum atomic E-state index is 13.1. The van der Waals surface area contributed by atoms with Gasteiger partial charge < -0.3 is 9.80 Å². The minimum Gasteiger partial charge on any atom is -0.336 e. The molecule has 2 amide bonds. The first-order valence-corrected chi connectivity index (χ1v) is 21.4. The summed E-state index contributed by atoms with van der Waals surface area (Å²) in [6.07, 6.45) is 5.94. The molecule has 2 unspecified atom stereocenters. The zero-order valence-electron chi connectivity index (χ0n) is 31.8. The van der Waals surface area contributed by atoms with E-state index in [1.165, 1.54) is 21.3 Å². The van der Waals surface area contributed by atoms with Crippen LogP contribution in [0.4, 0.5) is 0 Å². The van der Waals surface area contributed by atoms with Crippen LogP contribution in [-0.4, -0.2) is 128 Å². The van der Waals surface area contributed by atoms with E-state index in [0.717, 1.165) is 11.4 Å². The summed E-state index contributed by atoms with van der Waals surface area (Å²) in [4.78, 5) is 37.0. The third kappa shape index (κ3) is 8.59. The molecule has 2 aliphatic heterocycles. The van der Waals surface area contributed by atoms with E-state index in [1.807, 2.05) is 50.2 Å². The normalized spacial score (nSPS) is 18.0. The molecule has 0 aliphatic carbocycles. The summed E-state index contributed by atoms with van der Waals surface area (Å²) >= 11 is 0. The first-order valence-electron chi connectivity index (χ1n) is 18.6. The largest absolute Gasteiger partial charge is 0.336 e. The molecule has 4 aromatic carbocycles. The molecule has 300 valence electrons. The number of nitrogens with zero attached hydrogens (tertiary/aromatic N) is 10. The second kappa shape index (κ2) is 17.2. The molecule has 2 saturated heterocycles. The van der Waals surface area contributed by atoms with Gasteiger partial charge in [-0.15, -0.1) is 0 Å². The fourth-order valence-corrected chi connectivity index (χ4v) is 10.2. The van der Waals surface area contributed by atoms with Gasteiger partial charge in [0.25, 0.3) is 11.8 Å². The van der Waals surface area contributed by atoms with Crippen molar-refractivity contribution < 1.29 is 26.4 Å². The number of amides is 2. The van der Waals surface area contributed by atoms with Gasteiger partial charge in [0.05, 0.1) is 21.2 Å². The maximum absolute atomic E-state index is 13.1. The number of hydrogen-bond donors (Lipinski definition) is 0. The van der Waals surface area contributed by atoms with E-state index >= 15 is 0 Å². The molecule has 2 aromatic heterocycles. The molecule has 0 radical (unpaired) electrons. The first-order chi connectivity index (χ1) is 27.9. The number of benzene rings is 4. The SMILES string of the molecule is CC1CN(C(=O)c2ccccc2)CCN1S(=O)(=O)c1ccc(-n2cncn2)cc1.CC1CN(C(=O)c2ccccc2)CCN1S(=O)(=O)c1ccc(-n2cncn2)cc1. The Morgan fingerprint density at radius 2 is 0.879 bits per heavy atom. The Bertz CT molecular complexity index is 2350. The average molecular weight is 823 g/mol. The second-order valence-electron chi connectivity index (χ2n) is 13.8. The predicted molar refractivity (Wildman–Crippen MR) is 214 cm³/mol. The summed E-state index contributed by atoms with van der Waals surface area (Å²) in [5.41, 5.74) is 2.68. The van der Waals surface area contributed by atoms with Crippen molar-refractivity contribution in [1.82, 2.24) is 47.9 Å². The van der Waals surface area contributed by atoms with Crippen LogP contribution in [0.5, 0.6) is 0 Å². The smallest absolute Gasteiger partial charge is 0.253 e. The van der Waals surface area contributed by atoms with Gasteiger partial charge in [-0.3, -0.25) is 9.59 Å². The highest BCUT2D eigenvalue weighted by Crippen LogP contribution is 2.25. The minimum absolute atomic E-state index is 0.0771. The Morgan fingerprint density at radius 3 is 1.19 bits per heavy atom. The Morgan fingerprint density at radius 1 is 0.517 bits per heavy atom. The number of carbonyl (C=O) groups excluding carboxylic acids is 2. The van der Waals surface area contributed by atoms with Crippen LogP contribution in [0.2, 0.25) is 0 Å². The molecule has 2 atom stereocenters. The predicted octanol–water partition coefficient (Wildman–Crippen LogP) is 3.61. The van der Waals surface area contributed by atoms with E-state index in [1.54, 1.807) is 105 Å². The molecule has 8 rings (SSSR count). The molecule has 2 aliphatic rings. The van der Waals surface area contributed by atoms with Crippen LogP contribution < -0.4 is 0 Å². The lowest BCUT2D eigenvalue weighted by Gasteiger charge is -2.39. The summed E-state index contributed by atoms with van der Waals surface area (Å²) in [5.74, 6) is -0.154. The molecule has 0 bridgehead atoms. The van der Waals surface area contributed by atoms with Crippen molar-refractivity contribution in [2.24, 2.45) is 0 Å². The molecule has 2 fully saturated rings. The molecular weight excluding hydrogens is 781 g/mol. The van der Waals surface area contributed by atoms with E-state index in [2.05, 4.69) is 20.2 Å². The van der Waals surface area contributed by atoms with Gasteiger partial charge in [-0.2, -0.15) is 18.8 Å². The summed E-state index contributed by atoms with van der Waals surface area (Å²) < 4.78 is 58.6. The molecule has 0 spiro atoms. The zero-order valence-corrected chi connectivity index (χ0v) is 33.5. The van der Waals surface area contributed by atoms with Crippen molar-refractivity contribution in [3.05, 3.63) is 146 Å². The van der Waals surface area contributed by atoms with Gasteiger partial charge in [-0.25, -0.2) is 36.2 Å². The zero-order chi connectivity index (χ0) is 40.9. The fourth-order valence-electron chi connectivity index (χ4n) is 6.99. The van der Waals surface area contributed by atoms with Gasteiger partial charge in [-0.05, 0) is 86.6 Å². The van der Waals surface area contributed by atoms with Crippen LogP contribution >= 0.6 is 0 Å². The van der Waals surface area contributed by atoms with Crippen molar-refractivity contribution in [3.8, 4) is 11.4 Å². The molecule has 6 aromatic rings. The lowest BCUT2D eigenvalue weighted by molar-refractivity contribution is 0.0637. The molecule has 16 nitrogen and oxygen atoms in total. The van der Waals surface area contributed by atoms with Gasteiger partial charge >= 0.3 is 0 Å². The lowest BCUT2D eigenvalue weighted by atomic mass is 10.1. The molecule has 58 heavy (non-hydrogen) atoms. The summed E-state index contributed by atoms with van der Waals surface area (Å²) in [5, 5.41) is 8.08. The van der Waals surface area contributed by atoms with Crippen LogP contribution in [0.15, 0.2) is 144 Å². The molecule has 4 heterocycles. The summed E-state index contributed by atoms with van der Waals surface area (Å²) in [6, 6.07) is 30.5. The molecule has 0 N–H and O–H groups in total. The summed E-state index contributed by atoms with van der Waals surface area (Å²) in [6.45, 7) is 5.58. The van der Waals surface area contributed by atoms with E-state index in [0.29, 0.717) is 37.3 Å². The van der Waals surface area contributed by atoms with Crippen molar-refractivity contribution >= 4 is 31.9 Å². The number of rotatable bonds is 8. The third-order valence-electron chi connectivity index (χ3n) is 10.0. The van der Waals surface area contributed by atoms with E-state index < -0.39 is 20.0 Å². The van der Waals surface area contributed by atoms with Crippen LogP contribution in [0.3, 0.4) is 0 Å². The quantitative estimate of drug-likeness (QED) is 0.221. The number of hydrogen-bond acceptors (Lipinski definition) is 10. The highest BCUT2D eigenvalue weighted by molar-refractivity contribution is 7.89. The lowest BCUT2D eigenvalue weighted by Crippen LogP contribution is -2.55. The van der Waals surface area contributed by atoms with Gasteiger partial charge in [-0.1, -0.05) is 36.4 Å². The van der Waals surface area contributed by atoms with Crippen molar-refractivity contribution in [2.75, 3.05) is 39.3 Å². The molecule has 0 saturated carbocycles. The van der Waals surface area contributed by atoms with Gasteiger partial charge in [0.2, 0.25) is 20.0 Å². The number of piperazine rings is 2. The van der Waals surface area contributed by atoms with E-state index in [4.69, 9.17) is 0 Å². The molecular formula is C40H42N10O6S2. The van der Waals surface area contributed by atoms with Crippen LogP contribution in [-0.2, 0) is 20.0 Å². The summed E-state index contributed by atoms with van der Waals surface area (Å²) in [7, 11) is -7.32. The van der Waals surface area contributed by atoms with Crippen molar-refractivity contribution in [1.29, 1.82) is 0 Å². The first kappa shape index (κ1) is 40.1. The van der Waals surface area contributed by atoms with Crippen molar-refractivity contribution in [2.45, 2.75) is 35.7 Å². The minimum atomic E-state index is -3.66. The van der Waals surface area contributed by atoms with Crippen molar-refractivity contribution in [3.63, 3.8) is 0 Å². The Labute approximate surface area is 337 Å². The van der Waals surface area contributed by atoms with E-state index in [9.17, 15) is 26.4 Å². The highest BCUT2D eigenvalue weighted by Gasteiger charge is 2.37. The Balaban J connectivity index is 0.000000177. The standard InChI is InChI=1S/2C20H21N5O3S/c2*1-16-13-23(20(26)17-5-3-2-4-6-17)11-12-25(16)29(27,28)19-9-7-18(8-10-19)24-15-21-14-22-24/h2*2-10,14-16H,11-13H2,1H3. The van der Waals surface area contributed by atoms with Crippen LogP contribution in [0, 0.1) is 0 Å². The maximum Gasteiger partial charge on any atom is 0.253 e. The number of sulfonamides is 2. The van der Waals surface area contributed by atoms with Gasteiger partial charge in [0.1, 0.15) is 25.3 Å². The second-order valence-corrected chi connectivity index (χ2v) is 17.6.